The molecule has 3 nitrogen and oxygen atoms in total. The smallest absolute Gasteiger partial charge is 0.236 e. The van der Waals surface area contributed by atoms with Gasteiger partial charge in [-0.2, -0.15) is 0 Å². The van der Waals surface area contributed by atoms with Gasteiger partial charge >= 0.3 is 0 Å². The Bertz CT molecular complexity index is 162. The zero-order chi connectivity index (χ0) is 9.68. The first kappa shape index (κ1) is 10.5. The van der Waals surface area contributed by atoms with E-state index < -0.39 is 0 Å². The molecule has 0 aliphatic heterocycles. The third-order valence-corrected chi connectivity index (χ3v) is 2.52. The molecular weight excluding hydrogens is 164 g/mol. The third kappa shape index (κ3) is 3.77. The lowest BCUT2D eigenvalue weighted by Crippen LogP contribution is -2.38. The van der Waals surface area contributed by atoms with Crippen LogP contribution in [0.4, 0.5) is 0 Å². The molecule has 13 heavy (non-hydrogen) atoms. The van der Waals surface area contributed by atoms with Crippen LogP contribution in [0.25, 0.3) is 0 Å². The lowest BCUT2D eigenvalue weighted by molar-refractivity contribution is -0.129. The minimum atomic E-state index is 0.227. The monoisotopic (exact) mass is 184 g/mol. The van der Waals surface area contributed by atoms with Crippen LogP contribution in [0, 0.1) is 5.92 Å². The van der Waals surface area contributed by atoms with Crippen molar-refractivity contribution in [3.05, 3.63) is 0 Å². The van der Waals surface area contributed by atoms with Crippen LogP contribution in [0.3, 0.4) is 0 Å². The normalized spacial score (nSPS) is 15.8. The topological polar surface area (TPSA) is 32.3 Å². The summed E-state index contributed by atoms with van der Waals surface area (Å²) < 4.78 is 0. The average Bonchev–Trinajstić information content (AvgIpc) is 2.90. The van der Waals surface area contributed by atoms with Gasteiger partial charge in [0.05, 0.1) is 6.54 Å². The largest absolute Gasteiger partial charge is 0.342 e. The fourth-order valence-corrected chi connectivity index (χ4v) is 1.39. The number of hydrogen-bond acceptors (Lipinski definition) is 2. The number of rotatable bonds is 6. The molecule has 1 saturated carbocycles. The predicted molar refractivity (Wildman–Crippen MR) is 53.5 cm³/mol. The van der Waals surface area contributed by atoms with Crippen molar-refractivity contribution in [2.24, 2.45) is 5.92 Å². The Hall–Kier alpha value is -0.570. The highest BCUT2D eigenvalue weighted by Crippen LogP contribution is 2.27. The van der Waals surface area contributed by atoms with Gasteiger partial charge in [-0.15, -0.1) is 0 Å². The van der Waals surface area contributed by atoms with E-state index in [0.29, 0.717) is 6.54 Å². The molecule has 1 aliphatic rings. The number of amides is 1. The molecule has 0 aromatic carbocycles. The number of carbonyl (C=O) groups excluding carboxylic acids is 1. The lowest BCUT2D eigenvalue weighted by Gasteiger charge is -2.18. The number of hydrogen-bond donors (Lipinski definition) is 1. The van der Waals surface area contributed by atoms with E-state index in [1.807, 2.05) is 18.7 Å². The highest BCUT2D eigenvalue weighted by Gasteiger charge is 2.20. The Balaban J connectivity index is 2.07. The lowest BCUT2D eigenvalue weighted by atomic mass is 10.4. The van der Waals surface area contributed by atoms with Gasteiger partial charge < -0.3 is 10.2 Å². The summed E-state index contributed by atoms with van der Waals surface area (Å²) in [5.41, 5.74) is 0. The van der Waals surface area contributed by atoms with Crippen LogP contribution in [-0.4, -0.2) is 37.0 Å². The molecular formula is C10H20N2O. The zero-order valence-corrected chi connectivity index (χ0v) is 8.68. The Morgan fingerprint density at radius 2 is 2.00 bits per heavy atom. The summed E-state index contributed by atoms with van der Waals surface area (Å²) in [7, 11) is 0. The van der Waals surface area contributed by atoms with Crippen molar-refractivity contribution in [3.8, 4) is 0 Å². The standard InChI is InChI=1S/C10H20N2O/c1-3-12(4-2)10(13)8-11-7-9-5-6-9/h9,11H,3-8H2,1-2H3. The molecule has 1 rings (SSSR count). The first-order chi connectivity index (χ1) is 6.27. The number of likely N-dealkylation sites (N-methyl/N-ethyl adjacent to an activating group) is 1. The van der Waals surface area contributed by atoms with Crippen molar-refractivity contribution in [1.29, 1.82) is 0 Å². The quantitative estimate of drug-likeness (QED) is 0.664. The second-order valence-electron chi connectivity index (χ2n) is 3.64. The molecule has 1 aliphatic carbocycles. The Labute approximate surface area is 80.5 Å². The van der Waals surface area contributed by atoms with Crippen LogP contribution in [0.2, 0.25) is 0 Å². The molecule has 0 heterocycles. The van der Waals surface area contributed by atoms with Crippen LogP contribution in [0.15, 0.2) is 0 Å². The van der Waals surface area contributed by atoms with Crippen LogP contribution in [0.5, 0.6) is 0 Å². The van der Waals surface area contributed by atoms with E-state index in [9.17, 15) is 4.79 Å². The fourth-order valence-electron chi connectivity index (χ4n) is 1.39. The summed E-state index contributed by atoms with van der Waals surface area (Å²) >= 11 is 0. The maximum absolute atomic E-state index is 11.5. The molecule has 0 bridgehead atoms. The number of nitrogens with one attached hydrogen (secondary N) is 1. The molecule has 0 radical (unpaired) electrons. The summed E-state index contributed by atoms with van der Waals surface area (Å²) in [5.74, 6) is 1.08. The first-order valence-electron chi connectivity index (χ1n) is 5.26. The molecule has 76 valence electrons. The van der Waals surface area contributed by atoms with E-state index in [1.165, 1.54) is 12.8 Å². The number of nitrogens with zero attached hydrogens (tertiary/aromatic N) is 1. The summed E-state index contributed by atoms with van der Waals surface area (Å²) in [6, 6.07) is 0. The molecule has 3 heteroatoms. The van der Waals surface area contributed by atoms with Gasteiger partial charge in [0.25, 0.3) is 0 Å². The summed E-state index contributed by atoms with van der Waals surface area (Å²) in [4.78, 5) is 13.3. The summed E-state index contributed by atoms with van der Waals surface area (Å²) in [6.07, 6.45) is 2.68. The third-order valence-electron chi connectivity index (χ3n) is 2.52. The molecule has 0 atom stereocenters. The van der Waals surface area contributed by atoms with Crippen molar-refractivity contribution in [1.82, 2.24) is 10.2 Å². The van der Waals surface area contributed by atoms with Gasteiger partial charge in [-0.1, -0.05) is 0 Å². The minimum absolute atomic E-state index is 0.227. The van der Waals surface area contributed by atoms with Crippen LogP contribution < -0.4 is 5.32 Å². The van der Waals surface area contributed by atoms with Gasteiger partial charge in [0, 0.05) is 13.1 Å². The van der Waals surface area contributed by atoms with Gasteiger partial charge in [-0.05, 0) is 39.2 Å². The zero-order valence-electron chi connectivity index (χ0n) is 8.68. The first-order valence-corrected chi connectivity index (χ1v) is 5.26. The predicted octanol–water partition coefficient (Wildman–Crippen LogP) is 0.854. The Morgan fingerprint density at radius 1 is 1.38 bits per heavy atom. The molecule has 0 saturated heterocycles. The average molecular weight is 184 g/mol. The van der Waals surface area contributed by atoms with Gasteiger partial charge in [-0.3, -0.25) is 4.79 Å². The van der Waals surface area contributed by atoms with E-state index in [4.69, 9.17) is 0 Å². The van der Waals surface area contributed by atoms with Gasteiger partial charge in [-0.25, -0.2) is 0 Å². The van der Waals surface area contributed by atoms with Crippen LogP contribution in [-0.2, 0) is 4.79 Å². The van der Waals surface area contributed by atoms with E-state index in [1.54, 1.807) is 0 Å². The van der Waals surface area contributed by atoms with E-state index >= 15 is 0 Å². The Kier molecular flexibility index (Phi) is 4.22. The maximum Gasteiger partial charge on any atom is 0.236 e. The van der Waals surface area contributed by atoms with Crippen molar-refractivity contribution in [3.63, 3.8) is 0 Å². The van der Waals surface area contributed by atoms with E-state index in [-0.39, 0.29) is 5.91 Å². The molecule has 0 aromatic heterocycles. The van der Waals surface area contributed by atoms with Crippen molar-refractivity contribution < 1.29 is 4.79 Å². The van der Waals surface area contributed by atoms with Crippen molar-refractivity contribution in [2.45, 2.75) is 26.7 Å². The maximum atomic E-state index is 11.5. The fraction of sp³-hybridized carbons (Fsp3) is 0.900. The molecule has 0 unspecified atom stereocenters. The second-order valence-corrected chi connectivity index (χ2v) is 3.64. The number of carbonyl (C=O) groups is 1. The summed E-state index contributed by atoms with van der Waals surface area (Å²) in [5, 5.41) is 3.20. The summed E-state index contributed by atoms with van der Waals surface area (Å²) in [6.45, 7) is 7.21. The van der Waals surface area contributed by atoms with E-state index in [2.05, 4.69) is 5.32 Å². The van der Waals surface area contributed by atoms with Gasteiger partial charge in [0.2, 0.25) is 5.91 Å². The SMILES string of the molecule is CCN(CC)C(=O)CNCC1CC1. The second kappa shape index (κ2) is 5.22. The van der Waals surface area contributed by atoms with Gasteiger partial charge in [0.15, 0.2) is 0 Å². The van der Waals surface area contributed by atoms with Gasteiger partial charge in [0.1, 0.15) is 0 Å². The highest BCUT2D eigenvalue weighted by atomic mass is 16.2. The molecule has 0 spiro atoms. The molecule has 1 amide bonds. The minimum Gasteiger partial charge on any atom is -0.342 e. The van der Waals surface area contributed by atoms with Crippen LogP contribution in [0.1, 0.15) is 26.7 Å². The molecule has 1 N–H and O–H groups in total. The molecule has 0 aromatic rings. The van der Waals surface area contributed by atoms with Crippen LogP contribution >= 0.6 is 0 Å². The highest BCUT2D eigenvalue weighted by molar-refractivity contribution is 5.78. The van der Waals surface area contributed by atoms with E-state index in [0.717, 1.165) is 25.6 Å². The Morgan fingerprint density at radius 3 is 2.46 bits per heavy atom. The molecule has 1 fully saturated rings. The van der Waals surface area contributed by atoms with Crippen molar-refractivity contribution >= 4 is 5.91 Å². The van der Waals surface area contributed by atoms with Crippen molar-refractivity contribution in [2.75, 3.05) is 26.2 Å².